The molecule has 1 N–H and O–H groups in total. The summed E-state index contributed by atoms with van der Waals surface area (Å²) < 4.78 is 11.5. The van der Waals surface area contributed by atoms with Gasteiger partial charge in [0.1, 0.15) is 18.2 Å². The molecule has 0 aliphatic rings. The first-order chi connectivity index (χ1) is 16.8. The number of nitriles is 1. The van der Waals surface area contributed by atoms with Gasteiger partial charge in [-0.15, -0.1) is 0 Å². The highest BCUT2D eigenvalue weighted by Crippen LogP contribution is 2.38. The normalized spacial score (nSPS) is 10.9. The second kappa shape index (κ2) is 11.7. The van der Waals surface area contributed by atoms with Crippen molar-refractivity contribution < 1.29 is 19.2 Å². The maximum atomic E-state index is 12.6. The van der Waals surface area contributed by atoms with Crippen molar-refractivity contribution in [2.45, 2.75) is 20.5 Å². The van der Waals surface area contributed by atoms with E-state index >= 15 is 0 Å². The second-order valence-electron chi connectivity index (χ2n) is 7.47. The Kier molecular flexibility index (Phi) is 8.43. The molecule has 3 aromatic carbocycles. The maximum Gasteiger partial charge on any atom is 0.269 e. The number of nitrogens with one attached hydrogen (secondary N) is 1. The van der Waals surface area contributed by atoms with Crippen LogP contribution in [0.5, 0.6) is 11.5 Å². The Morgan fingerprint density at radius 1 is 1.17 bits per heavy atom. The van der Waals surface area contributed by atoms with Crippen LogP contribution < -0.4 is 14.8 Å². The Balaban J connectivity index is 1.85. The predicted octanol–water partition coefficient (Wildman–Crippen LogP) is 6.08. The summed E-state index contributed by atoms with van der Waals surface area (Å²) in [6, 6.07) is 18.4. The Labute approximate surface area is 207 Å². The first kappa shape index (κ1) is 25.3. The Hall–Kier alpha value is -4.35. The van der Waals surface area contributed by atoms with E-state index in [4.69, 9.17) is 21.1 Å². The molecule has 9 heteroatoms. The molecule has 0 aromatic heterocycles. The number of anilines is 1. The molecule has 0 atom stereocenters. The summed E-state index contributed by atoms with van der Waals surface area (Å²) >= 11 is 6.45. The number of nitrogens with zero attached hydrogens (tertiary/aromatic N) is 2. The first-order valence-electron chi connectivity index (χ1n) is 10.6. The van der Waals surface area contributed by atoms with Crippen LogP contribution in [0.2, 0.25) is 5.02 Å². The van der Waals surface area contributed by atoms with Crippen molar-refractivity contribution in [3.8, 4) is 17.6 Å². The van der Waals surface area contributed by atoms with Crippen LogP contribution in [-0.2, 0) is 11.4 Å². The van der Waals surface area contributed by atoms with Crippen molar-refractivity contribution in [2.24, 2.45) is 0 Å². The van der Waals surface area contributed by atoms with E-state index in [-0.39, 0.29) is 28.6 Å². The standard InChI is InChI=1S/C26H22ClN3O5/c1-3-34-24-14-19(11-20(15-28)26(31)29-21-8-4-6-17(2)10-21)13-23(27)25(24)35-16-18-7-5-9-22(12-18)30(32)33/h4-14H,3,16H2,1-2H3,(H,29,31)/b20-11+. The van der Waals surface area contributed by atoms with Gasteiger partial charge < -0.3 is 14.8 Å². The summed E-state index contributed by atoms with van der Waals surface area (Å²) in [4.78, 5) is 23.1. The minimum Gasteiger partial charge on any atom is -0.490 e. The number of rotatable bonds is 9. The van der Waals surface area contributed by atoms with Gasteiger partial charge in [0.2, 0.25) is 0 Å². The summed E-state index contributed by atoms with van der Waals surface area (Å²) in [5, 5.41) is 23.4. The third-order valence-corrected chi connectivity index (χ3v) is 5.07. The number of carbonyl (C=O) groups is 1. The van der Waals surface area contributed by atoms with Crippen molar-refractivity contribution in [2.75, 3.05) is 11.9 Å². The molecule has 178 valence electrons. The second-order valence-corrected chi connectivity index (χ2v) is 7.88. The van der Waals surface area contributed by atoms with Gasteiger partial charge in [-0.1, -0.05) is 35.9 Å². The van der Waals surface area contributed by atoms with E-state index in [0.29, 0.717) is 29.2 Å². The van der Waals surface area contributed by atoms with Crippen LogP contribution in [0.3, 0.4) is 0 Å². The number of nitro groups is 1. The lowest BCUT2D eigenvalue weighted by Gasteiger charge is -2.15. The number of carbonyl (C=O) groups excluding carboxylic acids is 1. The van der Waals surface area contributed by atoms with Gasteiger partial charge in [0, 0.05) is 17.8 Å². The number of benzene rings is 3. The monoisotopic (exact) mass is 491 g/mol. The number of ether oxygens (including phenoxy) is 2. The zero-order valence-electron chi connectivity index (χ0n) is 19.1. The topological polar surface area (TPSA) is 114 Å². The van der Waals surface area contributed by atoms with Crippen LogP contribution in [0.15, 0.2) is 66.2 Å². The summed E-state index contributed by atoms with van der Waals surface area (Å²) in [6.07, 6.45) is 1.41. The quantitative estimate of drug-likeness (QED) is 0.168. The van der Waals surface area contributed by atoms with E-state index < -0.39 is 10.8 Å². The van der Waals surface area contributed by atoms with Crippen molar-refractivity contribution in [1.82, 2.24) is 0 Å². The highest BCUT2D eigenvalue weighted by atomic mass is 35.5. The summed E-state index contributed by atoms with van der Waals surface area (Å²) in [7, 11) is 0. The third kappa shape index (κ3) is 6.82. The fourth-order valence-electron chi connectivity index (χ4n) is 3.23. The Bertz CT molecular complexity index is 1330. The molecule has 0 radical (unpaired) electrons. The van der Waals surface area contributed by atoms with Gasteiger partial charge in [-0.05, 0) is 60.9 Å². The molecule has 0 spiro atoms. The highest BCUT2D eigenvalue weighted by Gasteiger charge is 2.16. The Morgan fingerprint density at radius 2 is 1.94 bits per heavy atom. The number of amides is 1. The smallest absolute Gasteiger partial charge is 0.269 e. The molecular formula is C26H22ClN3O5. The zero-order valence-corrected chi connectivity index (χ0v) is 19.8. The van der Waals surface area contributed by atoms with E-state index in [1.165, 1.54) is 18.2 Å². The average Bonchev–Trinajstić information content (AvgIpc) is 2.82. The summed E-state index contributed by atoms with van der Waals surface area (Å²) in [5.41, 5.74) is 2.44. The number of hydrogen-bond acceptors (Lipinski definition) is 6. The molecule has 3 aromatic rings. The van der Waals surface area contributed by atoms with Crippen LogP contribution in [0, 0.1) is 28.4 Å². The van der Waals surface area contributed by atoms with E-state index in [0.717, 1.165) is 5.56 Å². The van der Waals surface area contributed by atoms with E-state index in [1.54, 1.807) is 49.4 Å². The van der Waals surface area contributed by atoms with Crippen LogP contribution in [0.1, 0.15) is 23.6 Å². The predicted molar refractivity (Wildman–Crippen MR) is 133 cm³/mol. The lowest BCUT2D eigenvalue weighted by molar-refractivity contribution is -0.384. The minimum atomic E-state index is -0.557. The molecule has 3 rings (SSSR count). The van der Waals surface area contributed by atoms with Gasteiger partial charge in [-0.3, -0.25) is 14.9 Å². The van der Waals surface area contributed by atoms with Gasteiger partial charge >= 0.3 is 0 Å². The van der Waals surface area contributed by atoms with Gasteiger partial charge in [0.15, 0.2) is 11.5 Å². The van der Waals surface area contributed by atoms with Gasteiger partial charge in [-0.2, -0.15) is 5.26 Å². The number of hydrogen-bond donors (Lipinski definition) is 1. The van der Waals surface area contributed by atoms with Crippen LogP contribution in [-0.4, -0.2) is 17.4 Å². The summed E-state index contributed by atoms with van der Waals surface area (Å²) in [6.45, 7) is 4.03. The molecule has 0 aliphatic carbocycles. The number of halogens is 1. The SMILES string of the molecule is CCOc1cc(/C=C(\C#N)C(=O)Nc2cccc(C)c2)cc(Cl)c1OCc1cccc([N+](=O)[O-])c1. The van der Waals surface area contributed by atoms with Gasteiger partial charge in [-0.25, -0.2) is 0 Å². The van der Waals surface area contributed by atoms with Crippen molar-refractivity contribution in [1.29, 1.82) is 5.26 Å². The van der Waals surface area contributed by atoms with Crippen LogP contribution in [0.25, 0.3) is 6.08 Å². The average molecular weight is 492 g/mol. The highest BCUT2D eigenvalue weighted by molar-refractivity contribution is 6.32. The molecule has 0 heterocycles. The van der Waals surface area contributed by atoms with Crippen molar-refractivity contribution in [3.63, 3.8) is 0 Å². The van der Waals surface area contributed by atoms with E-state index in [2.05, 4.69) is 5.32 Å². The number of non-ortho nitro benzene ring substituents is 1. The molecule has 0 aliphatic heterocycles. The van der Waals surface area contributed by atoms with Gasteiger partial charge in [0.25, 0.3) is 11.6 Å². The number of aryl methyl sites for hydroxylation is 1. The molecule has 0 saturated heterocycles. The largest absolute Gasteiger partial charge is 0.490 e. The lowest BCUT2D eigenvalue weighted by atomic mass is 10.1. The lowest BCUT2D eigenvalue weighted by Crippen LogP contribution is -2.13. The fraction of sp³-hybridized carbons (Fsp3) is 0.154. The first-order valence-corrected chi connectivity index (χ1v) is 11.0. The van der Waals surface area contributed by atoms with Crippen molar-refractivity contribution >= 4 is 35.0 Å². The van der Waals surface area contributed by atoms with E-state index in [1.807, 2.05) is 19.1 Å². The van der Waals surface area contributed by atoms with Gasteiger partial charge in [0.05, 0.1) is 16.6 Å². The molecule has 35 heavy (non-hydrogen) atoms. The molecule has 8 nitrogen and oxygen atoms in total. The third-order valence-electron chi connectivity index (χ3n) is 4.79. The fourth-order valence-corrected chi connectivity index (χ4v) is 3.50. The molecule has 0 saturated carbocycles. The zero-order chi connectivity index (χ0) is 25.4. The molecular weight excluding hydrogens is 470 g/mol. The molecule has 0 unspecified atom stereocenters. The summed E-state index contributed by atoms with van der Waals surface area (Å²) in [5.74, 6) is 0.00568. The minimum absolute atomic E-state index is 0.0268. The van der Waals surface area contributed by atoms with Crippen LogP contribution >= 0.6 is 11.6 Å². The maximum absolute atomic E-state index is 12.6. The Morgan fingerprint density at radius 3 is 2.63 bits per heavy atom. The molecule has 0 fully saturated rings. The molecule has 1 amide bonds. The number of nitro benzene ring substituents is 1. The van der Waals surface area contributed by atoms with Crippen molar-refractivity contribution in [3.05, 3.63) is 98.1 Å². The molecule has 0 bridgehead atoms. The van der Waals surface area contributed by atoms with Crippen LogP contribution in [0.4, 0.5) is 11.4 Å². The van der Waals surface area contributed by atoms with E-state index in [9.17, 15) is 20.2 Å².